The molecule has 1 aromatic carbocycles. The summed E-state index contributed by atoms with van der Waals surface area (Å²) in [4.78, 5) is 16.8. The van der Waals surface area contributed by atoms with Crippen LogP contribution in [0.25, 0.3) is 0 Å². The number of hydrogen-bond donors (Lipinski definition) is 0. The second-order valence-electron chi connectivity index (χ2n) is 6.11. The first kappa shape index (κ1) is 15.8. The van der Waals surface area contributed by atoms with Gasteiger partial charge in [-0.1, -0.05) is 12.1 Å². The lowest BCUT2D eigenvalue weighted by molar-refractivity contribution is -0.142. The van der Waals surface area contributed by atoms with Crippen molar-refractivity contribution < 1.29 is 14.3 Å². The van der Waals surface area contributed by atoms with Gasteiger partial charge in [0.1, 0.15) is 5.75 Å². The van der Waals surface area contributed by atoms with Crippen LogP contribution in [0.15, 0.2) is 24.3 Å². The summed E-state index contributed by atoms with van der Waals surface area (Å²) in [5, 5.41) is 11.6. The van der Waals surface area contributed by atoms with Gasteiger partial charge in [-0.3, -0.25) is 4.79 Å². The standard InChI is InChI=1S/C16H20N6O3/c1-20-15(17-18-19-20)11-22-10-14(16(23)21-6-8-24-9-7-21)25-13-5-3-2-4-12(13)22/h2-5,14H,6-11H2,1H3. The summed E-state index contributed by atoms with van der Waals surface area (Å²) < 4.78 is 13.0. The summed E-state index contributed by atoms with van der Waals surface area (Å²) in [6.45, 7) is 3.32. The zero-order valence-electron chi connectivity index (χ0n) is 14.0. The SMILES string of the molecule is Cn1nnnc1CN1CC(C(=O)N2CCOCC2)Oc2ccccc21. The minimum atomic E-state index is -0.547. The number of fused-ring (bicyclic) bond motifs is 1. The number of carbonyl (C=O) groups excluding carboxylic acids is 1. The Bertz CT molecular complexity index is 758. The fourth-order valence-corrected chi connectivity index (χ4v) is 3.13. The molecule has 1 saturated heterocycles. The van der Waals surface area contributed by atoms with Crippen LogP contribution in [0, 0.1) is 0 Å². The minimum Gasteiger partial charge on any atom is -0.477 e. The van der Waals surface area contributed by atoms with Crippen LogP contribution < -0.4 is 9.64 Å². The van der Waals surface area contributed by atoms with E-state index in [4.69, 9.17) is 9.47 Å². The Morgan fingerprint density at radius 1 is 1.28 bits per heavy atom. The van der Waals surface area contributed by atoms with Gasteiger partial charge in [0, 0.05) is 20.1 Å². The number of rotatable bonds is 3. The molecule has 2 aromatic rings. The molecule has 0 spiro atoms. The maximum Gasteiger partial charge on any atom is 0.265 e. The van der Waals surface area contributed by atoms with Crippen LogP contribution in [0.4, 0.5) is 5.69 Å². The third-order valence-electron chi connectivity index (χ3n) is 4.50. The zero-order chi connectivity index (χ0) is 17.2. The zero-order valence-corrected chi connectivity index (χ0v) is 14.0. The first-order valence-electron chi connectivity index (χ1n) is 8.31. The van der Waals surface area contributed by atoms with E-state index in [1.807, 2.05) is 29.2 Å². The normalized spacial score (nSPS) is 20.1. The number of benzene rings is 1. The molecule has 9 heteroatoms. The van der Waals surface area contributed by atoms with Crippen molar-refractivity contribution in [2.45, 2.75) is 12.6 Å². The molecule has 0 aliphatic carbocycles. The summed E-state index contributed by atoms with van der Waals surface area (Å²) in [6, 6.07) is 7.72. The number of ether oxygens (including phenoxy) is 2. The molecule has 1 atom stereocenters. The van der Waals surface area contributed by atoms with Crippen molar-refractivity contribution in [1.29, 1.82) is 0 Å². The molecule has 1 amide bonds. The minimum absolute atomic E-state index is 0.00102. The van der Waals surface area contributed by atoms with Crippen LogP contribution in [0.1, 0.15) is 5.82 Å². The van der Waals surface area contributed by atoms with Gasteiger partial charge in [-0.05, 0) is 22.6 Å². The Labute approximate surface area is 145 Å². The number of amides is 1. The number of para-hydroxylation sites is 2. The highest BCUT2D eigenvalue weighted by Gasteiger charge is 2.34. The van der Waals surface area contributed by atoms with E-state index in [2.05, 4.69) is 20.4 Å². The largest absolute Gasteiger partial charge is 0.477 e. The van der Waals surface area contributed by atoms with E-state index in [1.165, 1.54) is 0 Å². The second kappa shape index (κ2) is 6.67. The molecule has 1 unspecified atom stereocenters. The highest BCUT2D eigenvalue weighted by atomic mass is 16.5. The molecule has 3 heterocycles. The van der Waals surface area contributed by atoms with Gasteiger partial charge in [0.05, 0.1) is 32.0 Å². The molecule has 132 valence electrons. The molecule has 2 aliphatic heterocycles. The highest BCUT2D eigenvalue weighted by Crippen LogP contribution is 2.34. The summed E-state index contributed by atoms with van der Waals surface area (Å²) in [6.07, 6.45) is -0.547. The van der Waals surface area contributed by atoms with Crippen LogP contribution in [0.3, 0.4) is 0 Å². The monoisotopic (exact) mass is 344 g/mol. The van der Waals surface area contributed by atoms with Crippen molar-refractivity contribution in [1.82, 2.24) is 25.1 Å². The van der Waals surface area contributed by atoms with Crippen molar-refractivity contribution in [2.75, 3.05) is 37.7 Å². The maximum absolute atomic E-state index is 12.9. The maximum atomic E-state index is 12.9. The number of hydrogen-bond acceptors (Lipinski definition) is 7. The average molecular weight is 344 g/mol. The molecule has 0 N–H and O–H groups in total. The number of morpholine rings is 1. The van der Waals surface area contributed by atoms with E-state index in [0.717, 1.165) is 11.5 Å². The van der Waals surface area contributed by atoms with Gasteiger partial charge < -0.3 is 19.3 Å². The van der Waals surface area contributed by atoms with Gasteiger partial charge in [-0.25, -0.2) is 4.68 Å². The molecule has 4 rings (SSSR count). The van der Waals surface area contributed by atoms with Crippen molar-refractivity contribution >= 4 is 11.6 Å². The molecule has 0 radical (unpaired) electrons. The second-order valence-corrected chi connectivity index (χ2v) is 6.11. The van der Waals surface area contributed by atoms with E-state index in [0.29, 0.717) is 45.1 Å². The lowest BCUT2D eigenvalue weighted by atomic mass is 10.1. The van der Waals surface area contributed by atoms with Crippen LogP contribution in [-0.2, 0) is 23.1 Å². The highest BCUT2D eigenvalue weighted by molar-refractivity contribution is 5.83. The quantitative estimate of drug-likeness (QED) is 0.764. The lowest BCUT2D eigenvalue weighted by Gasteiger charge is -2.38. The van der Waals surface area contributed by atoms with E-state index in [1.54, 1.807) is 11.7 Å². The molecular weight excluding hydrogens is 324 g/mol. The molecule has 9 nitrogen and oxygen atoms in total. The Morgan fingerprint density at radius 2 is 2.08 bits per heavy atom. The van der Waals surface area contributed by atoms with Gasteiger partial charge in [0.2, 0.25) is 0 Å². The third kappa shape index (κ3) is 3.14. The van der Waals surface area contributed by atoms with Gasteiger partial charge in [0.15, 0.2) is 11.9 Å². The number of tetrazole rings is 1. The van der Waals surface area contributed by atoms with E-state index in [-0.39, 0.29) is 5.91 Å². The van der Waals surface area contributed by atoms with E-state index in [9.17, 15) is 4.79 Å². The smallest absolute Gasteiger partial charge is 0.265 e. The predicted molar refractivity (Wildman–Crippen MR) is 88.1 cm³/mol. The number of aryl methyl sites for hydroxylation is 1. The Morgan fingerprint density at radius 3 is 2.84 bits per heavy atom. The lowest BCUT2D eigenvalue weighted by Crippen LogP contribution is -2.53. The number of nitrogens with zero attached hydrogens (tertiary/aromatic N) is 6. The summed E-state index contributed by atoms with van der Waals surface area (Å²) in [7, 11) is 1.80. The Balaban J connectivity index is 1.57. The van der Waals surface area contributed by atoms with Crippen molar-refractivity contribution in [3.05, 3.63) is 30.1 Å². The van der Waals surface area contributed by atoms with E-state index < -0.39 is 6.10 Å². The van der Waals surface area contributed by atoms with Crippen LogP contribution in [0.5, 0.6) is 5.75 Å². The third-order valence-corrected chi connectivity index (χ3v) is 4.50. The predicted octanol–water partition coefficient (Wildman–Crippen LogP) is -0.163. The van der Waals surface area contributed by atoms with Crippen LogP contribution >= 0.6 is 0 Å². The van der Waals surface area contributed by atoms with Crippen LogP contribution in [-0.4, -0.2) is 70.0 Å². The number of anilines is 1. The summed E-state index contributed by atoms with van der Waals surface area (Å²) in [5.74, 6) is 1.43. The Hall–Kier alpha value is -2.68. The fourth-order valence-electron chi connectivity index (χ4n) is 3.13. The molecule has 1 aromatic heterocycles. The van der Waals surface area contributed by atoms with Crippen molar-refractivity contribution in [3.63, 3.8) is 0 Å². The van der Waals surface area contributed by atoms with Gasteiger partial charge >= 0.3 is 0 Å². The van der Waals surface area contributed by atoms with Gasteiger partial charge in [0.25, 0.3) is 5.91 Å². The summed E-state index contributed by atoms with van der Waals surface area (Å²) in [5.41, 5.74) is 0.941. The van der Waals surface area contributed by atoms with E-state index >= 15 is 0 Å². The molecule has 0 saturated carbocycles. The Kier molecular flexibility index (Phi) is 4.22. The average Bonchev–Trinajstić information content (AvgIpc) is 3.06. The first-order chi connectivity index (χ1) is 12.2. The topological polar surface area (TPSA) is 85.6 Å². The molecule has 0 bridgehead atoms. The summed E-state index contributed by atoms with van der Waals surface area (Å²) >= 11 is 0. The van der Waals surface area contributed by atoms with Crippen molar-refractivity contribution in [3.8, 4) is 5.75 Å². The van der Waals surface area contributed by atoms with Gasteiger partial charge in [-0.2, -0.15) is 0 Å². The molecule has 1 fully saturated rings. The molecule has 2 aliphatic rings. The first-order valence-corrected chi connectivity index (χ1v) is 8.31. The number of aromatic nitrogens is 4. The molecular formula is C16H20N6O3. The van der Waals surface area contributed by atoms with Crippen LogP contribution in [0.2, 0.25) is 0 Å². The fraction of sp³-hybridized carbons (Fsp3) is 0.500. The van der Waals surface area contributed by atoms with Crippen molar-refractivity contribution in [2.24, 2.45) is 7.05 Å². The molecule has 25 heavy (non-hydrogen) atoms. The number of carbonyl (C=O) groups is 1. The van der Waals surface area contributed by atoms with Gasteiger partial charge in [-0.15, -0.1) is 5.10 Å².